The Kier molecular flexibility index (Phi) is 6.50. The summed E-state index contributed by atoms with van der Waals surface area (Å²) < 4.78 is 5.43. The molecule has 7 heteroatoms. The van der Waals surface area contributed by atoms with Gasteiger partial charge in [0.05, 0.1) is 6.54 Å². The maximum absolute atomic E-state index is 12.9. The molecule has 6 nitrogen and oxygen atoms in total. The van der Waals surface area contributed by atoms with Crippen molar-refractivity contribution < 1.29 is 9.32 Å². The summed E-state index contributed by atoms with van der Waals surface area (Å²) in [5.41, 5.74) is 0.888. The lowest BCUT2D eigenvalue weighted by molar-refractivity contribution is -0.138. The van der Waals surface area contributed by atoms with Crippen LogP contribution in [0.2, 0.25) is 5.02 Å². The first kappa shape index (κ1) is 20.4. The van der Waals surface area contributed by atoms with Gasteiger partial charge in [-0.05, 0) is 63.0 Å². The van der Waals surface area contributed by atoms with Gasteiger partial charge in [0.15, 0.2) is 0 Å². The maximum Gasteiger partial charge on any atom is 0.241 e. The Bertz CT molecular complexity index is 808. The lowest BCUT2D eigenvalue weighted by Crippen LogP contribution is -2.45. The van der Waals surface area contributed by atoms with Crippen LogP contribution in [0.25, 0.3) is 11.4 Å². The molecule has 0 N–H and O–H groups in total. The highest BCUT2D eigenvalue weighted by atomic mass is 35.5. The molecule has 1 saturated heterocycles. The predicted octanol–water partition coefficient (Wildman–Crippen LogP) is 4.39. The number of amides is 1. The second-order valence-electron chi connectivity index (χ2n) is 8.31. The van der Waals surface area contributed by atoms with E-state index in [1.807, 2.05) is 36.2 Å². The van der Waals surface area contributed by atoms with Crippen LogP contribution in [0.4, 0.5) is 0 Å². The van der Waals surface area contributed by atoms with Crippen LogP contribution in [-0.2, 0) is 11.3 Å². The van der Waals surface area contributed by atoms with Crippen molar-refractivity contribution in [3.63, 3.8) is 0 Å². The third-order valence-corrected chi connectivity index (χ3v) is 6.59. The van der Waals surface area contributed by atoms with Gasteiger partial charge in [-0.25, -0.2) is 0 Å². The molecule has 1 aliphatic heterocycles. The summed E-state index contributed by atoms with van der Waals surface area (Å²) in [5, 5.41) is 4.77. The van der Waals surface area contributed by atoms with Gasteiger partial charge in [0.25, 0.3) is 0 Å². The maximum atomic E-state index is 12.9. The normalized spacial score (nSPS) is 19.4. The Morgan fingerprint density at radius 2 is 1.83 bits per heavy atom. The number of carbonyl (C=O) groups is 1. The van der Waals surface area contributed by atoms with Crippen LogP contribution < -0.4 is 0 Å². The second-order valence-corrected chi connectivity index (χ2v) is 8.75. The van der Waals surface area contributed by atoms with Gasteiger partial charge in [-0.3, -0.25) is 9.69 Å². The number of hydrogen-bond acceptors (Lipinski definition) is 5. The Labute approximate surface area is 177 Å². The highest BCUT2D eigenvalue weighted by molar-refractivity contribution is 6.30. The Morgan fingerprint density at radius 1 is 1.14 bits per heavy atom. The van der Waals surface area contributed by atoms with E-state index in [4.69, 9.17) is 16.1 Å². The molecule has 0 bridgehead atoms. The summed E-state index contributed by atoms with van der Waals surface area (Å²) in [6.45, 7) is 2.39. The quantitative estimate of drug-likeness (QED) is 0.723. The van der Waals surface area contributed by atoms with Gasteiger partial charge in [0.2, 0.25) is 17.6 Å². The van der Waals surface area contributed by atoms with Crippen molar-refractivity contribution in [3.05, 3.63) is 35.2 Å². The number of aromatic nitrogens is 2. The molecule has 2 aromatic rings. The minimum absolute atomic E-state index is 0.144. The monoisotopic (exact) mass is 416 g/mol. The molecule has 1 aromatic carbocycles. The van der Waals surface area contributed by atoms with Crippen LogP contribution >= 0.6 is 11.6 Å². The molecule has 29 heavy (non-hydrogen) atoms. The van der Waals surface area contributed by atoms with Crippen molar-refractivity contribution in [2.75, 3.05) is 20.1 Å². The van der Waals surface area contributed by atoms with Crippen molar-refractivity contribution in [2.45, 2.75) is 57.5 Å². The first-order valence-corrected chi connectivity index (χ1v) is 11.1. The summed E-state index contributed by atoms with van der Waals surface area (Å²) in [6, 6.07) is 7.85. The molecule has 0 atom stereocenters. The molecule has 2 fully saturated rings. The smallest absolute Gasteiger partial charge is 0.241 e. The molecule has 0 unspecified atom stereocenters. The predicted molar refractivity (Wildman–Crippen MR) is 112 cm³/mol. The zero-order chi connectivity index (χ0) is 20.2. The molecular formula is C22H29ClN4O2. The molecule has 1 amide bonds. The fraction of sp³-hybridized carbons (Fsp3) is 0.591. The van der Waals surface area contributed by atoms with E-state index in [0.717, 1.165) is 44.3 Å². The largest absolute Gasteiger partial charge is 0.343 e. The molecule has 1 aromatic heterocycles. The minimum Gasteiger partial charge on any atom is -0.343 e. The van der Waals surface area contributed by atoms with E-state index in [0.29, 0.717) is 35.2 Å². The van der Waals surface area contributed by atoms with Crippen molar-refractivity contribution in [3.8, 4) is 11.4 Å². The molecule has 0 radical (unpaired) electrons. The summed E-state index contributed by atoms with van der Waals surface area (Å²) in [6.07, 6.45) is 7.93. The Balaban J connectivity index is 1.28. The first-order valence-electron chi connectivity index (χ1n) is 10.7. The van der Waals surface area contributed by atoms with E-state index < -0.39 is 0 Å². The van der Waals surface area contributed by atoms with Crippen LogP contribution in [0.5, 0.6) is 0 Å². The molecular weight excluding hydrogens is 388 g/mol. The van der Waals surface area contributed by atoms with Gasteiger partial charge in [-0.2, -0.15) is 4.98 Å². The SMILES string of the molecule is CN(C(=O)C1CCN(Cc2nc(-c3ccc(Cl)cc3)no2)CC1)C1CCCCC1. The van der Waals surface area contributed by atoms with Crippen LogP contribution in [-0.4, -0.2) is 52.0 Å². The van der Waals surface area contributed by atoms with Crippen LogP contribution in [0.3, 0.4) is 0 Å². The fourth-order valence-corrected chi connectivity index (χ4v) is 4.63. The van der Waals surface area contributed by atoms with Crippen molar-refractivity contribution in [1.29, 1.82) is 0 Å². The highest BCUT2D eigenvalue weighted by Gasteiger charge is 2.31. The van der Waals surface area contributed by atoms with E-state index in [-0.39, 0.29) is 5.92 Å². The van der Waals surface area contributed by atoms with Gasteiger partial charge in [-0.15, -0.1) is 0 Å². The summed E-state index contributed by atoms with van der Waals surface area (Å²) in [5.74, 6) is 1.67. The van der Waals surface area contributed by atoms with Gasteiger partial charge in [0.1, 0.15) is 0 Å². The number of piperidine rings is 1. The van der Waals surface area contributed by atoms with Gasteiger partial charge < -0.3 is 9.42 Å². The molecule has 2 aliphatic rings. The zero-order valence-corrected chi connectivity index (χ0v) is 17.8. The number of hydrogen-bond donors (Lipinski definition) is 0. The number of likely N-dealkylation sites (tertiary alicyclic amines) is 1. The lowest BCUT2D eigenvalue weighted by Gasteiger charge is -2.36. The molecule has 1 aliphatic carbocycles. The average Bonchev–Trinajstić information content (AvgIpc) is 3.23. The van der Waals surface area contributed by atoms with E-state index in [1.54, 1.807) is 0 Å². The average molecular weight is 417 g/mol. The van der Waals surface area contributed by atoms with E-state index >= 15 is 0 Å². The third-order valence-electron chi connectivity index (χ3n) is 6.34. The number of nitrogens with zero attached hydrogens (tertiary/aromatic N) is 4. The minimum atomic E-state index is 0.144. The molecule has 2 heterocycles. The van der Waals surface area contributed by atoms with E-state index in [2.05, 4.69) is 15.0 Å². The van der Waals surface area contributed by atoms with Gasteiger partial charge >= 0.3 is 0 Å². The van der Waals surface area contributed by atoms with Crippen LogP contribution in [0.1, 0.15) is 50.8 Å². The van der Waals surface area contributed by atoms with Crippen LogP contribution in [0.15, 0.2) is 28.8 Å². The topological polar surface area (TPSA) is 62.5 Å². The summed E-state index contributed by atoms with van der Waals surface area (Å²) >= 11 is 5.93. The van der Waals surface area contributed by atoms with E-state index in [9.17, 15) is 4.79 Å². The number of rotatable bonds is 5. The van der Waals surface area contributed by atoms with Crippen molar-refractivity contribution >= 4 is 17.5 Å². The van der Waals surface area contributed by atoms with Gasteiger partial charge in [0, 0.05) is 29.6 Å². The lowest BCUT2D eigenvalue weighted by atomic mass is 9.91. The van der Waals surface area contributed by atoms with Crippen molar-refractivity contribution in [2.24, 2.45) is 5.92 Å². The number of benzene rings is 1. The highest BCUT2D eigenvalue weighted by Crippen LogP contribution is 2.26. The Morgan fingerprint density at radius 3 is 2.52 bits per heavy atom. The molecule has 156 valence electrons. The fourth-order valence-electron chi connectivity index (χ4n) is 4.50. The summed E-state index contributed by atoms with van der Waals surface area (Å²) in [4.78, 5) is 21.7. The van der Waals surface area contributed by atoms with E-state index in [1.165, 1.54) is 19.3 Å². The molecule has 1 saturated carbocycles. The second kappa shape index (κ2) is 9.26. The molecule has 0 spiro atoms. The standard InChI is InChI=1S/C22H29ClN4O2/c1-26(19-5-3-2-4-6-19)22(28)17-11-13-27(14-12-17)15-20-24-21(25-29-20)16-7-9-18(23)10-8-16/h7-10,17,19H,2-6,11-15H2,1H3. The van der Waals surface area contributed by atoms with Gasteiger partial charge in [-0.1, -0.05) is 36.0 Å². The third kappa shape index (κ3) is 4.98. The van der Waals surface area contributed by atoms with Crippen LogP contribution in [0, 0.1) is 5.92 Å². The zero-order valence-electron chi connectivity index (χ0n) is 17.0. The van der Waals surface area contributed by atoms with Crippen molar-refractivity contribution in [1.82, 2.24) is 19.9 Å². The molecule has 4 rings (SSSR count). The summed E-state index contributed by atoms with van der Waals surface area (Å²) in [7, 11) is 2.00. The number of halogens is 1. The number of carbonyl (C=O) groups excluding carboxylic acids is 1. The first-order chi connectivity index (χ1) is 14.1. The Hall–Kier alpha value is -1.92.